The predicted octanol–water partition coefficient (Wildman–Crippen LogP) is 4.90. The van der Waals surface area contributed by atoms with Gasteiger partial charge >= 0.3 is 6.09 Å². The standard InChI is InChI=1S/C19H23N3O2S/c1-11-10-25-17(22-11)16(24-18(20)23)15(19(2,3)4)13-9-21-14-8-6-5-7-12(13)14/h5-10,15-16,21H,1-4H3,(H2,20,23)/t15-,16?/m0/s1. The molecular weight excluding hydrogens is 334 g/mol. The number of H-pyrrole nitrogens is 1. The van der Waals surface area contributed by atoms with Gasteiger partial charge in [-0.2, -0.15) is 0 Å². The lowest BCUT2D eigenvalue weighted by Gasteiger charge is -2.35. The Balaban J connectivity index is 2.17. The van der Waals surface area contributed by atoms with E-state index in [2.05, 4.69) is 36.8 Å². The number of primary amides is 1. The lowest BCUT2D eigenvalue weighted by atomic mass is 9.73. The molecule has 1 aromatic carbocycles. The van der Waals surface area contributed by atoms with Gasteiger partial charge < -0.3 is 15.5 Å². The molecular formula is C19H23N3O2S. The minimum absolute atomic E-state index is 0.0956. The van der Waals surface area contributed by atoms with Crippen molar-refractivity contribution in [3.05, 3.63) is 52.1 Å². The first-order chi connectivity index (χ1) is 11.8. The number of aromatic amines is 1. The summed E-state index contributed by atoms with van der Waals surface area (Å²) in [5.41, 5.74) is 8.28. The number of nitrogens with zero attached hydrogens (tertiary/aromatic N) is 1. The molecule has 0 saturated carbocycles. The van der Waals surface area contributed by atoms with Crippen LogP contribution in [0.3, 0.4) is 0 Å². The number of ether oxygens (including phenoxy) is 1. The SMILES string of the molecule is Cc1csc(C(OC(N)=O)[C@H](c2c[nH]c3ccccc23)C(C)(C)C)n1. The molecule has 132 valence electrons. The van der Waals surface area contributed by atoms with Crippen molar-refractivity contribution in [3.8, 4) is 0 Å². The van der Waals surface area contributed by atoms with Gasteiger partial charge in [-0.25, -0.2) is 9.78 Å². The molecule has 0 fully saturated rings. The van der Waals surface area contributed by atoms with Crippen molar-refractivity contribution in [1.82, 2.24) is 9.97 Å². The van der Waals surface area contributed by atoms with Gasteiger partial charge in [0.05, 0.1) is 0 Å². The van der Waals surface area contributed by atoms with Crippen molar-refractivity contribution in [3.63, 3.8) is 0 Å². The molecule has 0 aliphatic rings. The highest BCUT2D eigenvalue weighted by Gasteiger charge is 2.39. The van der Waals surface area contributed by atoms with Gasteiger partial charge in [-0.05, 0) is 24.0 Å². The quantitative estimate of drug-likeness (QED) is 0.697. The number of amides is 1. The fourth-order valence-corrected chi connectivity index (χ4v) is 4.18. The molecule has 3 rings (SSSR count). The second-order valence-corrected chi connectivity index (χ2v) is 8.21. The van der Waals surface area contributed by atoms with Crippen LogP contribution in [0.25, 0.3) is 10.9 Å². The number of benzene rings is 1. The zero-order chi connectivity index (χ0) is 18.2. The van der Waals surface area contributed by atoms with Crippen molar-refractivity contribution < 1.29 is 9.53 Å². The monoisotopic (exact) mass is 357 g/mol. The van der Waals surface area contributed by atoms with E-state index in [1.807, 2.05) is 36.7 Å². The number of hydrogen-bond donors (Lipinski definition) is 2. The second-order valence-electron chi connectivity index (χ2n) is 7.32. The largest absolute Gasteiger partial charge is 0.438 e. The zero-order valence-corrected chi connectivity index (χ0v) is 15.7. The summed E-state index contributed by atoms with van der Waals surface area (Å²) >= 11 is 1.49. The molecule has 0 bridgehead atoms. The van der Waals surface area contributed by atoms with Gasteiger partial charge in [0.25, 0.3) is 0 Å². The molecule has 0 saturated heterocycles. The number of hydrogen-bond acceptors (Lipinski definition) is 4. The van der Waals surface area contributed by atoms with Crippen molar-refractivity contribution >= 4 is 28.3 Å². The number of rotatable bonds is 4. The van der Waals surface area contributed by atoms with Crippen LogP contribution in [0.15, 0.2) is 35.8 Å². The maximum absolute atomic E-state index is 11.6. The summed E-state index contributed by atoms with van der Waals surface area (Å²) in [7, 11) is 0. The first-order valence-electron chi connectivity index (χ1n) is 8.21. The number of para-hydroxylation sites is 1. The molecule has 25 heavy (non-hydrogen) atoms. The fraction of sp³-hybridized carbons (Fsp3) is 0.368. The maximum atomic E-state index is 11.6. The van der Waals surface area contributed by atoms with Crippen LogP contribution in [0.4, 0.5) is 4.79 Å². The Morgan fingerprint density at radius 2 is 2.04 bits per heavy atom. The fourth-order valence-electron chi connectivity index (χ4n) is 3.32. The van der Waals surface area contributed by atoms with Gasteiger partial charge in [0.15, 0.2) is 6.10 Å². The molecule has 1 amide bonds. The Morgan fingerprint density at radius 1 is 1.32 bits per heavy atom. The summed E-state index contributed by atoms with van der Waals surface area (Å²) in [6, 6.07) is 8.12. The predicted molar refractivity (Wildman–Crippen MR) is 101 cm³/mol. The molecule has 2 aromatic heterocycles. The molecule has 1 unspecified atom stereocenters. The highest BCUT2D eigenvalue weighted by atomic mass is 32.1. The Bertz CT molecular complexity index is 891. The smallest absolute Gasteiger partial charge is 0.405 e. The van der Waals surface area contributed by atoms with E-state index in [-0.39, 0.29) is 11.3 Å². The molecule has 2 heterocycles. The maximum Gasteiger partial charge on any atom is 0.405 e. The number of aromatic nitrogens is 2. The average Bonchev–Trinajstić information content (AvgIpc) is 3.12. The van der Waals surface area contributed by atoms with Crippen molar-refractivity contribution in [2.75, 3.05) is 0 Å². The summed E-state index contributed by atoms with van der Waals surface area (Å²) in [5, 5.41) is 3.84. The summed E-state index contributed by atoms with van der Waals surface area (Å²) in [6.07, 6.45) is 0.681. The van der Waals surface area contributed by atoms with Crippen LogP contribution in [0.2, 0.25) is 0 Å². The number of thiazole rings is 1. The van der Waals surface area contributed by atoms with Crippen LogP contribution in [-0.2, 0) is 4.74 Å². The van der Waals surface area contributed by atoms with E-state index in [9.17, 15) is 4.79 Å². The minimum atomic E-state index is -0.785. The van der Waals surface area contributed by atoms with E-state index in [1.165, 1.54) is 11.3 Å². The number of aryl methyl sites for hydroxylation is 1. The van der Waals surface area contributed by atoms with Crippen LogP contribution in [0.5, 0.6) is 0 Å². The molecule has 0 radical (unpaired) electrons. The van der Waals surface area contributed by atoms with Gasteiger partial charge in [0.2, 0.25) is 0 Å². The molecule has 3 aromatic rings. The van der Waals surface area contributed by atoms with E-state index in [0.29, 0.717) is 0 Å². The third-order valence-electron chi connectivity index (χ3n) is 4.32. The van der Waals surface area contributed by atoms with E-state index in [4.69, 9.17) is 10.5 Å². The topological polar surface area (TPSA) is 81.0 Å². The minimum Gasteiger partial charge on any atom is -0.438 e. The van der Waals surface area contributed by atoms with Crippen molar-refractivity contribution in [1.29, 1.82) is 0 Å². The lowest BCUT2D eigenvalue weighted by molar-refractivity contribution is 0.0581. The third-order valence-corrected chi connectivity index (χ3v) is 5.34. The number of carbonyl (C=O) groups excluding carboxylic acids is 1. The van der Waals surface area contributed by atoms with Crippen LogP contribution in [0, 0.1) is 12.3 Å². The van der Waals surface area contributed by atoms with Crippen LogP contribution in [0.1, 0.15) is 49.1 Å². The van der Waals surface area contributed by atoms with Gasteiger partial charge in [-0.15, -0.1) is 11.3 Å². The normalized spacial score (nSPS) is 14.4. The summed E-state index contributed by atoms with van der Waals surface area (Å²) in [5.74, 6) is -0.0956. The van der Waals surface area contributed by atoms with Gasteiger partial charge in [-0.1, -0.05) is 39.0 Å². The molecule has 0 aliphatic heterocycles. The first-order valence-corrected chi connectivity index (χ1v) is 9.09. The number of nitrogens with one attached hydrogen (secondary N) is 1. The number of fused-ring (bicyclic) bond motifs is 1. The molecule has 2 atom stereocenters. The molecule has 0 spiro atoms. The highest BCUT2D eigenvalue weighted by Crippen LogP contribution is 2.48. The third kappa shape index (κ3) is 3.54. The van der Waals surface area contributed by atoms with Crippen LogP contribution < -0.4 is 5.73 Å². The first kappa shape index (κ1) is 17.5. The van der Waals surface area contributed by atoms with E-state index >= 15 is 0 Å². The molecule has 0 aliphatic carbocycles. The molecule has 3 N–H and O–H groups in total. The van der Waals surface area contributed by atoms with Gasteiger partial charge in [0, 0.05) is 34.1 Å². The Morgan fingerprint density at radius 3 is 2.64 bits per heavy atom. The van der Waals surface area contributed by atoms with Crippen LogP contribution >= 0.6 is 11.3 Å². The summed E-state index contributed by atoms with van der Waals surface area (Å²) in [4.78, 5) is 19.5. The molecule has 6 heteroatoms. The number of nitrogens with two attached hydrogens (primary N) is 1. The summed E-state index contributed by atoms with van der Waals surface area (Å²) in [6.45, 7) is 8.34. The van der Waals surface area contributed by atoms with Crippen molar-refractivity contribution in [2.24, 2.45) is 11.1 Å². The zero-order valence-electron chi connectivity index (χ0n) is 14.9. The molecule has 5 nitrogen and oxygen atoms in total. The second kappa shape index (κ2) is 6.52. The Kier molecular flexibility index (Phi) is 4.56. The van der Waals surface area contributed by atoms with Gasteiger partial charge in [0.1, 0.15) is 5.01 Å². The van der Waals surface area contributed by atoms with E-state index in [1.54, 1.807) is 0 Å². The highest BCUT2D eigenvalue weighted by molar-refractivity contribution is 7.09. The lowest BCUT2D eigenvalue weighted by Crippen LogP contribution is -2.30. The van der Waals surface area contributed by atoms with E-state index < -0.39 is 12.2 Å². The Labute approximate surface area is 151 Å². The van der Waals surface area contributed by atoms with Crippen LogP contribution in [-0.4, -0.2) is 16.1 Å². The van der Waals surface area contributed by atoms with Crippen molar-refractivity contribution in [2.45, 2.75) is 39.7 Å². The Hall–Kier alpha value is -2.34. The average molecular weight is 357 g/mol. The summed E-state index contributed by atoms with van der Waals surface area (Å²) < 4.78 is 5.58. The van der Waals surface area contributed by atoms with E-state index in [0.717, 1.165) is 27.2 Å². The van der Waals surface area contributed by atoms with Gasteiger partial charge in [-0.3, -0.25) is 0 Å². The number of carbonyl (C=O) groups is 1.